The van der Waals surface area contributed by atoms with Crippen molar-refractivity contribution in [2.75, 3.05) is 13.2 Å². The zero-order valence-electron chi connectivity index (χ0n) is 15.2. The smallest absolute Gasteiger partial charge is 0.315 e. The lowest BCUT2D eigenvalue weighted by atomic mass is 10.0. The minimum Gasteiger partial charge on any atom is -0.466 e. The Morgan fingerprint density at radius 2 is 1.76 bits per heavy atom. The number of amides is 3. The number of ether oxygens (including phenoxy) is 1. The number of hydrogen-bond acceptors (Lipinski definition) is 4. The Bertz CT molecular complexity index is 582. The molecule has 1 aromatic carbocycles. The first-order chi connectivity index (χ1) is 11.7. The summed E-state index contributed by atoms with van der Waals surface area (Å²) in [6, 6.07) is 8.07. The van der Waals surface area contributed by atoms with Crippen LogP contribution >= 0.6 is 0 Å². The van der Waals surface area contributed by atoms with E-state index >= 15 is 0 Å². The molecule has 3 N–H and O–H groups in total. The second-order valence-corrected chi connectivity index (χ2v) is 6.60. The molecule has 0 bridgehead atoms. The van der Waals surface area contributed by atoms with Crippen molar-refractivity contribution in [2.45, 2.75) is 45.7 Å². The average Bonchev–Trinajstić information content (AvgIpc) is 2.52. The Labute approximate surface area is 148 Å². The Hall–Kier alpha value is -2.57. The Morgan fingerprint density at radius 3 is 2.32 bits per heavy atom. The Morgan fingerprint density at radius 1 is 1.12 bits per heavy atom. The van der Waals surface area contributed by atoms with Gasteiger partial charge in [-0.2, -0.15) is 0 Å². The molecule has 1 atom stereocenters. The lowest BCUT2D eigenvalue weighted by Gasteiger charge is -2.21. The first kappa shape index (κ1) is 20.5. The summed E-state index contributed by atoms with van der Waals surface area (Å²) in [5.74, 6) is -0.688. The monoisotopic (exact) mass is 349 g/mol. The highest BCUT2D eigenvalue weighted by atomic mass is 16.5. The maximum Gasteiger partial charge on any atom is 0.315 e. The van der Waals surface area contributed by atoms with E-state index in [0.29, 0.717) is 0 Å². The van der Waals surface area contributed by atoms with Gasteiger partial charge in [-0.1, -0.05) is 30.3 Å². The third kappa shape index (κ3) is 8.74. The molecule has 25 heavy (non-hydrogen) atoms. The van der Waals surface area contributed by atoms with Crippen LogP contribution < -0.4 is 16.0 Å². The lowest BCUT2D eigenvalue weighted by Crippen LogP contribution is -2.48. The minimum atomic E-state index is -0.536. The largest absolute Gasteiger partial charge is 0.466 e. The molecule has 7 heteroatoms. The first-order valence-corrected chi connectivity index (χ1v) is 8.27. The van der Waals surface area contributed by atoms with Crippen LogP contribution in [0.3, 0.4) is 0 Å². The van der Waals surface area contributed by atoms with Crippen molar-refractivity contribution >= 4 is 17.9 Å². The number of esters is 1. The van der Waals surface area contributed by atoms with Gasteiger partial charge in [-0.3, -0.25) is 9.59 Å². The van der Waals surface area contributed by atoms with Crippen LogP contribution in [0.4, 0.5) is 4.79 Å². The molecular weight excluding hydrogens is 322 g/mol. The minimum absolute atomic E-state index is 0.0134. The van der Waals surface area contributed by atoms with Gasteiger partial charge >= 0.3 is 12.0 Å². The molecule has 0 radical (unpaired) electrons. The quantitative estimate of drug-likeness (QED) is 0.655. The van der Waals surface area contributed by atoms with E-state index in [2.05, 4.69) is 16.0 Å². The van der Waals surface area contributed by atoms with Crippen LogP contribution in [0.1, 0.15) is 45.7 Å². The van der Waals surface area contributed by atoms with E-state index in [1.54, 1.807) is 6.92 Å². The normalized spacial score (nSPS) is 12.0. The van der Waals surface area contributed by atoms with Gasteiger partial charge in [-0.25, -0.2) is 4.79 Å². The summed E-state index contributed by atoms with van der Waals surface area (Å²) in [7, 11) is 0. The van der Waals surface area contributed by atoms with E-state index in [1.807, 2.05) is 51.1 Å². The number of carbonyl (C=O) groups excluding carboxylic acids is 3. The highest BCUT2D eigenvalue weighted by Gasteiger charge is 2.20. The van der Waals surface area contributed by atoms with E-state index in [4.69, 9.17) is 4.74 Å². The molecule has 0 saturated carbocycles. The summed E-state index contributed by atoms with van der Waals surface area (Å²) in [4.78, 5) is 35.6. The van der Waals surface area contributed by atoms with Crippen molar-refractivity contribution in [3.63, 3.8) is 0 Å². The predicted octanol–water partition coefficient (Wildman–Crippen LogP) is 1.89. The van der Waals surface area contributed by atoms with Gasteiger partial charge in [0.1, 0.15) is 0 Å². The van der Waals surface area contributed by atoms with Crippen LogP contribution in [-0.4, -0.2) is 36.6 Å². The van der Waals surface area contributed by atoms with Crippen molar-refractivity contribution in [1.29, 1.82) is 0 Å². The predicted molar refractivity (Wildman–Crippen MR) is 94.9 cm³/mol. The molecule has 138 valence electrons. The van der Waals surface area contributed by atoms with Crippen molar-refractivity contribution in [3.05, 3.63) is 35.9 Å². The number of hydrogen-bond donors (Lipinski definition) is 3. The first-order valence-electron chi connectivity index (χ1n) is 8.27. The highest BCUT2D eigenvalue weighted by Crippen LogP contribution is 2.17. The van der Waals surface area contributed by atoms with Gasteiger partial charge in [-0.15, -0.1) is 0 Å². The van der Waals surface area contributed by atoms with Gasteiger partial charge in [0.2, 0.25) is 5.91 Å². The second kappa shape index (κ2) is 9.66. The van der Waals surface area contributed by atoms with E-state index in [-0.39, 0.29) is 31.0 Å². The van der Waals surface area contributed by atoms with Crippen molar-refractivity contribution in [3.8, 4) is 0 Å². The molecule has 0 spiro atoms. The standard InChI is InChI=1S/C18H27N3O4/c1-5-25-16(23)11-14(13-9-7-6-8-10-13)20-17(24)19-12-15(22)21-18(2,3)4/h6-10,14H,5,11-12H2,1-4H3,(H,21,22)(H2,19,20,24). The fraction of sp³-hybridized carbons (Fsp3) is 0.500. The molecule has 3 amide bonds. The summed E-state index contributed by atoms with van der Waals surface area (Å²) in [5.41, 5.74) is 0.413. The number of nitrogens with one attached hydrogen (secondary N) is 3. The highest BCUT2D eigenvalue weighted by molar-refractivity contribution is 5.84. The Balaban J connectivity index is 2.63. The topological polar surface area (TPSA) is 96.5 Å². The number of urea groups is 1. The van der Waals surface area contributed by atoms with Gasteiger partial charge in [0.15, 0.2) is 0 Å². The summed E-state index contributed by atoms with van der Waals surface area (Å²) < 4.78 is 4.95. The van der Waals surface area contributed by atoms with E-state index < -0.39 is 18.0 Å². The molecule has 0 aliphatic heterocycles. The third-order valence-electron chi connectivity index (χ3n) is 3.11. The lowest BCUT2D eigenvalue weighted by molar-refractivity contribution is -0.143. The fourth-order valence-corrected chi connectivity index (χ4v) is 2.16. The van der Waals surface area contributed by atoms with E-state index in [0.717, 1.165) is 5.56 Å². The summed E-state index contributed by atoms with van der Waals surface area (Å²) in [6.07, 6.45) is 0.0134. The molecule has 1 unspecified atom stereocenters. The van der Waals surface area contributed by atoms with Crippen LogP contribution in [0.2, 0.25) is 0 Å². The molecule has 7 nitrogen and oxygen atoms in total. The number of carbonyl (C=O) groups is 3. The van der Waals surface area contributed by atoms with Gasteiger partial charge in [0.25, 0.3) is 0 Å². The van der Waals surface area contributed by atoms with Crippen LogP contribution in [-0.2, 0) is 14.3 Å². The van der Waals surface area contributed by atoms with Crippen LogP contribution in [0, 0.1) is 0 Å². The maximum atomic E-state index is 12.1. The fourth-order valence-electron chi connectivity index (χ4n) is 2.16. The molecule has 0 aromatic heterocycles. The van der Waals surface area contributed by atoms with E-state index in [9.17, 15) is 14.4 Å². The van der Waals surface area contributed by atoms with Gasteiger partial charge in [0.05, 0.1) is 25.6 Å². The van der Waals surface area contributed by atoms with Crippen LogP contribution in [0.5, 0.6) is 0 Å². The summed E-state index contributed by atoms with van der Waals surface area (Å²) in [6.45, 7) is 7.42. The molecule has 0 aliphatic carbocycles. The SMILES string of the molecule is CCOC(=O)CC(NC(=O)NCC(=O)NC(C)(C)C)c1ccccc1. The average molecular weight is 349 g/mol. The zero-order valence-corrected chi connectivity index (χ0v) is 15.2. The Kier molecular flexibility index (Phi) is 7.91. The molecule has 0 aliphatic rings. The summed E-state index contributed by atoms with van der Waals surface area (Å²) in [5, 5.41) is 7.96. The van der Waals surface area contributed by atoms with E-state index in [1.165, 1.54) is 0 Å². The van der Waals surface area contributed by atoms with Crippen molar-refractivity contribution in [2.24, 2.45) is 0 Å². The molecule has 1 rings (SSSR count). The molecule has 1 aromatic rings. The van der Waals surface area contributed by atoms with Crippen molar-refractivity contribution in [1.82, 2.24) is 16.0 Å². The van der Waals surface area contributed by atoms with Crippen LogP contribution in [0.15, 0.2) is 30.3 Å². The molecule has 0 heterocycles. The van der Waals surface area contributed by atoms with Gasteiger partial charge in [-0.05, 0) is 33.3 Å². The molecule has 0 saturated heterocycles. The van der Waals surface area contributed by atoms with Gasteiger partial charge < -0.3 is 20.7 Å². The van der Waals surface area contributed by atoms with Gasteiger partial charge in [0, 0.05) is 5.54 Å². The maximum absolute atomic E-state index is 12.1. The zero-order chi connectivity index (χ0) is 18.9. The molecular formula is C18H27N3O4. The van der Waals surface area contributed by atoms with Crippen molar-refractivity contribution < 1.29 is 19.1 Å². The van der Waals surface area contributed by atoms with Crippen LogP contribution in [0.25, 0.3) is 0 Å². The number of benzene rings is 1. The number of rotatable bonds is 7. The third-order valence-corrected chi connectivity index (χ3v) is 3.11. The second-order valence-electron chi connectivity index (χ2n) is 6.60. The molecule has 0 fully saturated rings. The summed E-state index contributed by atoms with van der Waals surface area (Å²) >= 11 is 0.